The van der Waals surface area contributed by atoms with Crippen molar-refractivity contribution in [3.8, 4) is 5.75 Å². The zero-order valence-electron chi connectivity index (χ0n) is 11.4. The van der Waals surface area contributed by atoms with E-state index < -0.39 is 36.9 Å². The molecule has 7 N–H and O–H groups in total. The van der Waals surface area contributed by atoms with E-state index in [-0.39, 0.29) is 5.75 Å². The standard InChI is InChI=1S/C13H18N2O7/c16-6-9(18)10(19)11(20)12(21)13(22)15-14-5-7-3-1-2-4-8(7)17/h1-5,9-12,16-21H,6H2,(H,15,22)/b14-5-/t9-,10-,11+,12+/m1/s1. The largest absolute Gasteiger partial charge is 0.507 e. The van der Waals surface area contributed by atoms with E-state index in [1.165, 1.54) is 12.1 Å². The van der Waals surface area contributed by atoms with Crippen LogP contribution in [0.25, 0.3) is 0 Å². The summed E-state index contributed by atoms with van der Waals surface area (Å²) in [7, 11) is 0. The van der Waals surface area contributed by atoms with E-state index in [9.17, 15) is 25.2 Å². The van der Waals surface area contributed by atoms with Crippen LogP contribution in [0.3, 0.4) is 0 Å². The first-order chi connectivity index (χ1) is 10.4. The van der Waals surface area contributed by atoms with Crippen molar-refractivity contribution in [1.29, 1.82) is 0 Å². The summed E-state index contributed by atoms with van der Waals surface area (Å²) in [5, 5.41) is 59.1. The number of hydrazone groups is 1. The summed E-state index contributed by atoms with van der Waals surface area (Å²) in [6.07, 6.45) is -6.58. The highest BCUT2D eigenvalue weighted by atomic mass is 16.4. The fourth-order valence-electron chi connectivity index (χ4n) is 1.51. The van der Waals surface area contributed by atoms with Gasteiger partial charge in [0.25, 0.3) is 5.91 Å². The highest BCUT2D eigenvalue weighted by Gasteiger charge is 2.34. The molecule has 0 saturated carbocycles. The first-order valence-electron chi connectivity index (χ1n) is 6.32. The molecule has 0 bridgehead atoms. The van der Waals surface area contributed by atoms with E-state index in [1.807, 2.05) is 5.43 Å². The summed E-state index contributed by atoms with van der Waals surface area (Å²) >= 11 is 0. The maximum atomic E-state index is 11.5. The van der Waals surface area contributed by atoms with Gasteiger partial charge in [0, 0.05) is 5.56 Å². The Morgan fingerprint density at radius 3 is 2.41 bits per heavy atom. The minimum absolute atomic E-state index is 0.0671. The molecule has 22 heavy (non-hydrogen) atoms. The van der Waals surface area contributed by atoms with Crippen molar-refractivity contribution in [1.82, 2.24) is 5.43 Å². The SMILES string of the molecule is O=C(N/N=C\c1ccccc1O)[C@@H](O)[C@@H](O)[C@H](O)[C@H](O)CO. The topological polar surface area (TPSA) is 163 Å². The number of para-hydroxylation sites is 1. The lowest BCUT2D eigenvalue weighted by Gasteiger charge is -2.24. The van der Waals surface area contributed by atoms with Gasteiger partial charge in [-0.05, 0) is 12.1 Å². The number of benzene rings is 1. The van der Waals surface area contributed by atoms with Crippen molar-refractivity contribution in [3.05, 3.63) is 29.8 Å². The van der Waals surface area contributed by atoms with Crippen molar-refractivity contribution in [2.24, 2.45) is 5.10 Å². The first kappa shape index (κ1) is 18.0. The van der Waals surface area contributed by atoms with E-state index in [1.54, 1.807) is 12.1 Å². The minimum Gasteiger partial charge on any atom is -0.507 e. The molecule has 1 aromatic rings. The number of phenols is 1. The van der Waals surface area contributed by atoms with E-state index in [0.29, 0.717) is 5.56 Å². The molecule has 4 atom stereocenters. The molecule has 9 heteroatoms. The van der Waals surface area contributed by atoms with Crippen LogP contribution in [-0.2, 0) is 4.79 Å². The van der Waals surface area contributed by atoms with Crippen LogP contribution in [0.15, 0.2) is 29.4 Å². The predicted molar refractivity (Wildman–Crippen MR) is 75.0 cm³/mol. The maximum absolute atomic E-state index is 11.5. The summed E-state index contributed by atoms with van der Waals surface area (Å²) in [5.41, 5.74) is 2.22. The number of carbonyl (C=O) groups excluding carboxylic acids is 1. The van der Waals surface area contributed by atoms with Crippen molar-refractivity contribution < 1.29 is 35.4 Å². The van der Waals surface area contributed by atoms with Gasteiger partial charge >= 0.3 is 0 Å². The van der Waals surface area contributed by atoms with Crippen LogP contribution in [0, 0.1) is 0 Å². The Labute approximate surface area is 125 Å². The molecule has 0 radical (unpaired) electrons. The van der Waals surface area contributed by atoms with E-state index >= 15 is 0 Å². The van der Waals surface area contributed by atoms with Crippen molar-refractivity contribution in [3.63, 3.8) is 0 Å². The lowest BCUT2D eigenvalue weighted by molar-refractivity contribution is -0.148. The van der Waals surface area contributed by atoms with Crippen LogP contribution in [0.5, 0.6) is 5.75 Å². The van der Waals surface area contributed by atoms with Crippen LogP contribution < -0.4 is 5.43 Å². The van der Waals surface area contributed by atoms with Gasteiger partial charge in [-0.25, -0.2) is 5.43 Å². The first-order valence-corrected chi connectivity index (χ1v) is 6.32. The summed E-state index contributed by atoms with van der Waals surface area (Å²) in [4.78, 5) is 11.5. The third-order valence-electron chi connectivity index (χ3n) is 2.84. The molecule has 9 nitrogen and oxygen atoms in total. The van der Waals surface area contributed by atoms with Crippen LogP contribution >= 0.6 is 0 Å². The molecular formula is C13H18N2O7. The second-order valence-corrected chi connectivity index (χ2v) is 4.47. The smallest absolute Gasteiger partial charge is 0.271 e. The number of hydrogen-bond donors (Lipinski definition) is 7. The van der Waals surface area contributed by atoms with E-state index in [0.717, 1.165) is 6.21 Å². The molecule has 1 amide bonds. The Morgan fingerprint density at radius 1 is 1.18 bits per heavy atom. The highest BCUT2D eigenvalue weighted by molar-refractivity contribution is 5.86. The van der Waals surface area contributed by atoms with Gasteiger partial charge in [0.2, 0.25) is 0 Å². The van der Waals surface area contributed by atoms with E-state index in [2.05, 4.69) is 5.10 Å². The third-order valence-corrected chi connectivity index (χ3v) is 2.84. The predicted octanol–water partition coefficient (Wildman–Crippen LogP) is -2.72. The van der Waals surface area contributed by atoms with Crippen LogP contribution in [0.1, 0.15) is 5.56 Å². The van der Waals surface area contributed by atoms with Gasteiger partial charge in [-0.1, -0.05) is 12.1 Å². The van der Waals surface area contributed by atoms with Gasteiger partial charge in [-0.2, -0.15) is 5.10 Å². The number of rotatable bonds is 7. The van der Waals surface area contributed by atoms with Crippen molar-refractivity contribution >= 4 is 12.1 Å². The highest BCUT2D eigenvalue weighted by Crippen LogP contribution is 2.12. The number of hydrogen-bond acceptors (Lipinski definition) is 8. The van der Waals surface area contributed by atoms with Crippen LogP contribution in [-0.4, -0.2) is 73.8 Å². The lowest BCUT2D eigenvalue weighted by atomic mass is 10.0. The number of phenolic OH excluding ortho intramolecular Hbond substituents is 1. The normalized spacial score (nSPS) is 17.0. The number of carbonyl (C=O) groups is 1. The molecule has 0 heterocycles. The van der Waals surface area contributed by atoms with Crippen LogP contribution in [0.2, 0.25) is 0 Å². The molecule has 0 saturated heterocycles. The number of aliphatic hydroxyl groups is 5. The molecule has 0 fully saturated rings. The van der Waals surface area contributed by atoms with Crippen molar-refractivity contribution in [2.45, 2.75) is 24.4 Å². The molecule has 0 unspecified atom stereocenters. The van der Waals surface area contributed by atoms with Crippen LogP contribution in [0.4, 0.5) is 0 Å². The molecule has 122 valence electrons. The zero-order chi connectivity index (χ0) is 16.7. The van der Waals surface area contributed by atoms with E-state index in [4.69, 9.17) is 10.2 Å². The minimum atomic E-state index is -2.07. The maximum Gasteiger partial charge on any atom is 0.271 e. The second-order valence-electron chi connectivity index (χ2n) is 4.47. The average molecular weight is 314 g/mol. The fourth-order valence-corrected chi connectivity index (χ4v) is 1.51. The van der Waals surface area contributed by atoms with Gasteiger partial charge in [0.05, 0.1) is 12.8 Å². The number of nitrogens with one attached hydrogen (secondary N) is 1. The number of aromatic hydroxyl groups is 1. The Bertz CT molecular complexity index is 523. The Balaban J connectivity index is 2.59. The van der Waals surface area contributed by atoms with Gasteiger partial charge < -0.3 is 30.6 Å². The van der Waals surface area contributed by atoms with Crippen molar-refractivity contribution in [2.75, 3.05) is 6.61 Å². The number of amides is 1. The number of nitrogens with zero attached hydrogens (tertiary/aromatic N) is 1. The van der Waals surface area contributed by atoms with Gasteiger partial charge in [-0.3, -0.25) is 4.79 Å². The Kier molecular flexibility index (Phi) is 6.89. The molecule has 1 aromatic carbocycles. The molecule has 0 aliphatic carbocycles. The summed E-state index contributed by atoms with van der Waals surface area (Å²) < 4.78 is 0. The Morgan fingerprint density at radius 2 is 1.82 bits per heavy atom. The molecule has 0 aliphatic heterocycles. The average Bonchev–Trinajstić information content (AvgIpc) is 2.53. The quantitative estimate of drug-likeness (QED) is 0.212. The summed E-state index contributed by atoms with van der Waals surface area (Å²) in [6.45, 7) is -0.849. The second kappa shape index (κ2) is 8.41. The lowest BCUT2D eigenvalue weighted by Crippen LogP contribution is -2.50. The zero-order valence-corrected chi connectivity index (χ0v) is 11.4. The summed E-state index contributed by atoms with van der Waals surface area (Å²) in [6, 6.07) is 6.17. The monoisotopic (exact) mass is 314 g/mol. The molecule has 0 spiro atoms. The van der Waals surface area contributed by atoms with Gasteiger partial charge in [-0.15, -0.1) is 0 Å². The molecule has 0 aliphatic rings. The van der Waals surface area contributed by atoms with Gasteiger partial charge in [0.15, 0.2) is 6.10 Å². The molecule has 0 aromatic heterocycles. The fraction of sp³-hybridized carbons (Fsp3) is 0.385. The summed E-state index contributed by atoms with van der Waals surface area (Å²) in [5.74, 6) is -1.20. The molecular weight excluding hydrogens is 296 g/mol. The molecule has 1 rings (SSSR count). The number of aliphatic hydroxyl groups excluding tert-OH is 5. The Hall–Kier alpha value is -2.04. The van der Waals surface area contributed by atoms with Gasteiger partial charge in [0.1, 0.15) is 24.1 Å². The third kappa shape index (κ3) is 4.76.